The van der Waals surface area contributed by atoms with Crippen molar-refractivity contribution in [1.29, 1.82) is 0 Å². The summed E-state index contributed by atoms with van der Waals surface area (Å²) in [5, 5.41) is 20.9. The Bertz CT molecular complexity index is 801. The smallest absolute Gasteiger partial charge is 0.347 e. The van der Waals surface area contributed by atoms with Crippen LogP contribution in [0.1, 0.15) is 72.6 Å². The Morgan fingerprint density at radius 1 is 1.24 bits per heavy atom. The molecule has 0 heterocycles. The fraction of sp³-hybridized carbons (Fsp3) is 0.714. The van der Waals surface area contributed by atoms with Gasteiger partial charge in [-0.2, -0.15) is 0 Å². The highest BCUT2D eigenvalue weighted by atomic mass is 16.6. The van der Waals surface area contributed by atoms with Crippen LogP contribution >= 0.6 is 0 Å². The van der Waals surface area contributed by atoms with Crippen LogP contribution in [-0.4, -0.2) is 47.6 Å². The lowest BCUT2D eigenvalue weighted by molar-refractivity contribution is -0.169. The summed E-state index contributed by atoms with van der Waals surface area (Å²) >= 11 is 0. The summed E-state index contributed by atoms with van der Waals surface area (Å²) in [7, 11) is 1.29. The first-order valence-electron chi connectivity index (χ1n) is 12.6. The Morgan fingerprint density at radius 3 is 2.62 bits per heavy atom. The van der Waals surface area contributed by atoms with Gasteiger partial charge in [0.25, 0.3) is 0 Å². The summed E-state index contributed by atoms with van der Waals surface area (Å²) in [6.07, 6.45) is 9.40. The van der Waals surface area contributed by atoms with Crippen molar-refractivity contribution in [3.63, 3.8) is 0 Å². The first-order valence-corrected chi connectivity index (χ1v) is 12.6. The summed E-state index contributed by atoms with van der Waals surface area (Å²) in [6.45, 7) is 7.42. The van der Waals surface area contributed by atoms with Crippen LogP contribution < -0.4 is 0 Å². The van der Waals surface area contributed by atoms with Gasteiger partial charge in [0, 0.05) is 24.7 Å². The van der Waals surface area contributed by atoms with Crippen molar-refractivity contribution in [3.05, 3.63) is 23.8 Å². The van der Waals surface area contributed by atoms with E-state index in [4.69, 9.17) is 9.47 Å². The predicted octanol–water partition coefficient (Wildman–Crippen LogP) is 4.20. The maximum Gasteiger partial charge on any atom is 0.347 e. The van der Waals surface area contributed by atoms with Crippen molar-refractivity contribution >= 4 is 11.9 Å². The minimum atomic E-state index is -0.859. The number of fused-ring (bicyclic) bond motifs is 1. The zero-order valence-electron chi connectivity index (χ0n) is 21.3. The number of allylic oxidation sites excluding steroid dienone is 2. The number of ether oxygens (including phenoxy) is 2. The first-order chi connectivity index (χ1) is 16.2. The number of carbonyl (C=O) groups excluding carboxylic acids is 2. The molecule has 0 aromatic rings. The van der Waals surface area contributed by atoms with Crippen LogP contribution in [0.3, 0.4) is 0 Å². The maximum atomic E-state index is 12.1. The molecule has 2 rings (SSSR count). The average Bonchev–Trinajstić information content (AvgIpc) is 3.32. The first kappa shape index (κ1) is 28.1. The summed E-state index contributed by atoms with van der Waals surface area (Å²) in [5.74, 6) is 5.83. The number of methoxy groups -OCH3 is 1. The number of carbonyl (C=O) groups is 2. The van der Waals surface area contributed by atoms with Gasteiger partial charge in [-0.05, 0) is 56.8 Å². The van der Waals surface area contributed by atoms with Crippen molar-refractivity contribution < 1.29 is 29.3 Å². The van der Waals surface area contributed by atoms with E-state index in [9.17, 15) is 19.8 Å². The zero-order valence-corrected chi connectivity index (χ0v) is 21.3. The lowest BCUT2D eigenvalue weighted by Gasteiger charge is -2.19. The Morgan fingerprint density at radius 2 is 1.97 bits per heavy atom. The van der Waals surface area contributed by atoms with Crippen molar-refractivity contribution in [1.82, 2.24) is 0 Å². The lowest BCUT2D eigenvalue weighted by atomic mass is 9.89. The molecule has 0 aromatic carbocycles. The number of unbranched alkanes of at least 4 members (excludes halogenated alkanes) is 1. The molecule has 1 unspecified atom stereocenters. The van der Waals surface area contributed by atoms with Crippen molar-refractivity contribution in [2.24, 2.45) is 29.6 Å². The van der Waals surface area contributed by atoms with Gasteiger partial charge in [0.15, 0.2) is 0 Å². The van der Waals surface area contributed by atoms with Gasteiger partial charge in [-0.1, -0.05) is 44.6 Å². The van der Waals surface area contributed by atoms with E-state index < -0.39 is 18.2 Å². The molecule has 6 heteroatoms. The van der Waals surface area contributed by atoms with Gasteiger partial charge < -0.3 is 19.7 Å². The summed E-state index contributed by atoms with van der Waals surface area (Å²) in [4.78, 5) is 23.9. The molecule has 0 aliphatic heterocycles. The number of aliphatic hydroxyl groups is 2. The average molecular weight is 475 g/mol. The Kier molecular flexibility index (Phi) is 11.3. The third kappa shape index (κ3) is 7.99. The highest BCUT2D eigenvalue weighted by molar-refractivity contribution is 5.79. The normalized spacial score (nSPS) is 27.8. The Hall–Kier alpha value is -2.10. The molecular weight excluding hydrogens is 432 g/mol. The molecule has 0 spiro atoms. The number of hydrogen-bond acceptors (Lipinski definition) is 6. The number of esters is 2. The van der Waals surface area contributed by atoms with Crippen LogP contribution in [0.4, 0.5) is 0 Å². The summed E-state index contributed by atoms with van der Waals surface area (Å²) < 4.78 is 10.0. The minimum absolute atomic E-state index is 0.0622. The van der Waals surface area contributed by atoms with E-state index in [0.29, 0.717) is 24.7 Å². The monoisotopic (exact) mass is 474 g/mol. The van der Waals surface area contributed by atoms with E-state index in [1.807, 2.05) is 32.9 Å². The quantitative estimate of drug-likeness (QED) is 0.202. The third-order valence-corrected chi connectivity index (χ3v) is 7.14. The van der Waals surface area contributed by atoms with Gasteiger partial charge in [0.2, 0.25) is 6.10 Å². The second-order valence-electron chi connectivity index (χ2n) is 10.1. The molecule has 0 aromatic heterocycles. The molecule has 0 amide bonds. The number of rotatable bonds is 11. The van der Waals surface area contributed by atoms with Crippen molar-refractivity contribution in [2.75, 3.05) is 7.11 Å². The van der Waals surface area contributed by atoms with E-state index in [-0.39, 0.29) is 36.2 Å². The molecule has 0 radical (unpaired) electrons. The van der Waals surface area contributed by atoms with Gasteiger partial charge in [0.05, 0.1) is 19.3 Å². The van der Waals surface area contributed by atoms with Crippen molar-refractivity contribution in [3.8, 4) is 11.8 Å². The molecule has 2 saturated carbocycles. The van der Waals surface area contributed by atoms with Gasteiger partial charge in [-0.25, -0.2) is 4.79 Å². The predicted molar refractivity (Wildman–Crippen MR) is 131 cm³/mol. The van der Waals surface area contributed by atoms with Crippen LogP contribution in [0.25, 0.3) is 0 Å². The Labute approximate surface area is 204 Å². The van der Waals surface area contributed by atoms with Crippen LogP contribution in [0, 0.1) is 41.4 Å². The second kappa shape index (κ2) is 13.7. The minimum Gasteiger partial charge on any atom is -0.466 e. The van der Waals surface area contributed by atoms with E-state index >= 15 is 0 Å². The lowest BCUT2D eigenvalue weighted by Crippen LogP contribution is -2.33. The van der Waals surface area contributed by atoms with E-state index in [0.717, 1.165) is 25.7 Å². The molecule has 2 N–H and O–H groups in total. The van der Waals surface area contributed by atoms with Crippen LogP contribution in [0.15, 0.2) is 23.8 Å². The molecule has 2 fully saturated rings. The van der Waals surface area contributed by atoms with Crippen LogP contribution in [-0.2, 0) is 19.1 Å². The standard InChI is InChI=1S/C28H42O6/c1-6-7-10-19(4)24(29)14-13-22-23-16-20(15-21(23)17-25(22)30)11-8-9-12-26(31)34-27(18(2)3)28(32)33-5/h11,13-14,18-19,21-25,27,29-30H,8-10,12,15-17H2,1-5H3/b14-13+,20-11+/t19?,21-,22+,23-,24+,25+,27-/m0/s1. The van der Waals surface area contributed by atoms with E-state index in [1.165, 1.54) is 12.7 Å². The zero-order chi connectivity index (χ0) is 25.3. The molecule has 34 heavy (non-hydrogen) atoms. The molecule has 0 bridgehead atoms. The molecule has 190 valence electrons. The maximum absolute atomic E-state index is 12.1. The largest absolute Gasteiger partial charge is 0.466 e. The second-order valence-corrected chi connectivity index (χ2v) is 10.1. The number of aliphatic hydroxyl groups excluding tert-OH is 2. The molecule has 7 atom stereocenters. The molecule has 0 saturated heterocycles. The van der Waals surface area contributed by atoms with Gasteiger partial charge in [-0.3, -0.25) is 4.79 Å². The molecule has 6 nitrogen and oxygen atoms in total. The van der Waals surface area contributed by atoms with Crippen molar-refractivity contribution in [2.45, 2.75) is 91.0 Å². The molecular formula is C28H42O6. The highest BCUT2D eigenvalue weighted by Crippen LogP contribution is 2.50. The molecule has 2 aliphatic carbocycles. The SMILES string of the molecule is CC#CCC(C)[C@H](O)/C=C/[C@@H]1[C@H]2C/C(=C/CCCC(=O)O[C@H](C(=O)OC)C(C)C)C[C@H]2C[C@H]1O. The van der Waals surface area contributed by atoms with E-state index in [2.05, 4.69) is 17.9 Å². The fourth-order valence-electron chi connectivity index (χ4n) is 5.08. The molecule has 2 aliphatic rings. The highest BCUT2D eigenvalue weighted by Gasteiger charge is 2.45. The topological polar surface area (TPSA) is 93.1 Å². The third-order valence-electron chi connectivity index (χ3n) is 7.14. The van der Waals surface area contributed by atoms with E-state index in [1.54, 1.807) is 6.92 Å². The van der Waals surface area contributed by atoms with Gasteiger partial charge >= 0.3 is 11.9 Å². The fourth-order valence-corrected chi connectivity index (χ4v) is 5.08. The van der Waals surface area contributed by atoms with Gasteiger partial charge in [-0.15, -0.1) is 11.8 Å². The Balaban J connectivity index is 1.82. The number of hydrogen-bond donors (Lipinski definition) is 2. The van der Waals surface area contributed by atoms with Crippen LogP contribution in [0.5, 0.6) is 0 Å². The van der Waals surface area contributed by atoms with Gasteiger partial charge in [0.1, 0.15) is 0 Å². The summed E-state index contributed by atoms with van der Waals surface area (Å²) in [5.41, 5.74) is 1.38. The van der Waals surface area contributed by atoms with Crippen LogP contribution in [0.2, 0.25) is 0 Å². The summed E-state index contributed by atoms with van der Waals surface area (Å²) in [6, 6.07) is 0.